The lowest BCUT2D eigenvalue weighted by atomic mass is 9.94. The molecule has 0 aliphatic heterocycles. The van der Waals surface area contributed by atoms with Gasteiger partial charge < -0.3 is 16.0 Å². The molecule has 0 heterocycles. The molecule has 5 nitrogen and oxygen atoms in total. The van der Waals surface area contributed by atoms with Gasteiger partial charge in [0.05, 0.1) is 6.04 Å². The third kappa shape index (κ3) is 4.71. The van der Waals surface area contributed by atoms with Crippen molar-refractivity contribution in [1.82, 2.24) is 16.0 Å². The van der Waals surface area contributed by atoms with Crippen molar-refractivity contribution in [2.45, 2.75) is 57.7 Å². The van der Waals surface area contributed by atoms with Crippen molar-refractivity contribution in [2.75, 3.05) is 0 Å². The molecule has 1 atom stereocenters. The van der Waals surface area contributed by atoms with E-state index in [1.807, 2.05) is 68.4 Å². The maximum Gasteiger partial charge on any atom is 0.315 e. The van der Waals surface area contributed by atoms with Gasteiger partial charge in [-0.05, 0) is 43.4 Å². The van der Waals surface area contributed by atoms with Gasteiger partial charge in [0.25, 0.3) is 0 Å². The van der Waals surface area contributed by atoms with Gasteiger partial charge in [-0.2, -0.15) is 0 Å². The molecule has 0 bridgehead atoms. The average Bonchev–Trinajstić information content (AvgIpc) is 3.17. The van der Waals surface area contributed by atoms with Crippen LogP contribution in [-0.4, -0.2) is 17.5 Å². The average molecular weight is 380 g/mol. The summed E-state index contributed by atoms with van der Waals surface area (Å²) in [5, 5.41) is 8.96. The zero-order valence-electron chi connectivity index (χ0n) is 16.6. The van der Waals surface area contributed by atoms with Crippen LogP contribution in [0.2, 0.25) is 0 Å². The molecule has 28 heavy (non-hydrogen) atoms. The van der Waals surface area contributed by atoms with Gasteiger partial charge in [0.1, 0.15) is 5.54 Å². The van der Waals surface area contributed by atoms with Gasteiger partial charge in [-0.25, -0.2) is 4.79 Å². The van der Waals surface area contributed by atoms with E-state index < -0.39 is 5.54 Å². The van der Waals surface area contributed by atoms with Crippen molar-refractivity contribution in [3.8, 4) is 0 Å². The fourth-order valence-corrected chi connectivity index (χ4v) is 3.91. The predicted octanol–water partition coefficient (Wildman–Crippen LogP) is 3.98. The summed E-state index contributed by atoms with van der Waals surface area (Å²) in [4.78, 5) is 25.6. The van der Waals surface area contributed by atoms with Crippen molar-refractivity contribution in [3.05, 3.63) is 71.3 Å². The third-order valence-electron chi connectivity index (χ3n) is 5.54. The molecule has 2 aromatic carbocycles. The minimum Gasteiger partial charge on any atom is -0.348 e. The van der Waals surface area contributed by atoms with Crippen LogP contribution in [0.15, 0.2) is 54.6 Å². The van der Waals surface area contributed by atoms with Crippen LogP contribution in [-0.2, 0) is 11.3 Å². The van der Waals surface area contributed by atoms with E-state index in [2.05, 4.69) is 16.0 Å². The molecule has 3 N–H and O–H groups in total. The minimum absolute atomic E-state index is 0.101. The number of amides is 3. The topological polar surface area (TPSA) is 70.2 Å². The lowest BCUT2D eigenvalue weighted by Gasteiger charge is -2.31. The molecule has 1 saturated carbocycles. The Morgan fingerprint density at radius 2 is 1.64 bits per heavy atom. The van der Waals surface area contributed by atoms with Crippen molar-refractivity contribution < 1.29 is 9.59 Å². The lowest BCUT2D eigenvalue weighted by molar-refractivity contribution is -0.127. The molecule has 0 saturated heterocycles. The Morgan fingerprint density at radius 1 is 1.00 bits per heavy atom. The smallest absolute Gasteiger partial charge is 0.315 e. The summed E-state index contributed by atoms with van der Waals surface area (Å²) < 4.78 is 0. The van der Waals surface area contributed by atoms with Crippen LogP contribution in [0, 0.1) is 6.92 Å². The lowest BCUT2D eigenvalue weighted by Crippen LogP contribution is -2.59. The molecule has 1 aliphatic carbocycles. The number of urea groups is 1. The van der Waals surface area contributed by atoms with Crippen LogP contribution in [0.5, 0.6) is 0 Å². The Kier molecular flexibility index (Phi) is 6.34. The molecule has 1 fully saturated rings. The Hall–Kier alpha value is -2.82. The molecule has 0 unspecified atom stereocenters. The predicted molar refractivity (Wildman–Crippen MR) is 111 cm³/mol. The third-order valence-corrected chi connectivity index (χ3v) is 5.54. The molecule has 0 radical (unpaired) electrons. The molecule has 3 amide bonds. The maximum atomic E-state index is 13.1. The normalized spacial score (nSPS) is 16.2. The number of benzene rings is 2. The molecule has 1 aliphatic rings. The molecule has 3 rings (SSSR count). The first-order valence-electron chi connectivity index (χ1n) is 9.97. The van der Waals surface area contributed by atoms with Crippen LogP contribution in [0.4, 0.5) is 4.79 Å². The van der Waals surface area contributed by atoms with Crippen LogP contribution >= 0.6 is 0 Å². The first-order chi connectivity index (χ1) is 13.5. The van der Waals surface area contributed by atoms with Gasteiger partial charge in [-0.15, -0.1) is 0 Å². The van der Waals surface area contributed by atoms with Crippen LogP contribution < -0.4 is 16.0 Å². The van der Waals surface area contributed by atoms with Crippen molar-refractivity contribution in [2.24, 2.45) is 0 Å². The second-order valence-corrected chi connectivity index (χ2v) is 7.63. The van der Waals surface area contributed by atoms with E-state index in [9.17, 15) is 9.59 Å². The zero-order chi connectivity index (χ0) is 20.0. The number of carbonyl (C=O) groups excluding carboxylic acids is 2. The van der Waals surface area contributed by atoms with E-state index in [1.165, 1.54) is 0 Å². The van der Waals surface area contributed by atoms with E-state index >= 15 is 0 Å². The molecule has 5 heteroatoms. The highest BCUT2D eigenvalue weighted by Gasteiger charge is 2.42. The number of aryl methyl sites for hydroxylation is 1. The number of hydrogen-bond acceptors (Lipinski definition) is 2. The summed E-state index contributed by atoms with van der Waals surface area (Å²) in [5.74, 6) is -0.101. The number of rotatable bonds is 6. The summed E-state index contributed by atoms with van der Waals surface area (Å²) in [6.45, 7) is 4.46. The molecule has 2 aromatic rings. The highest BCUT2D eigenvalue weighted by atomic mass is 16.2. The van der Waals surface area contributed by atoms with E-state index in [0.717, 1.165) is 29.5 Å². The quantitative estimate of drug-likeness (QED) is 0.710. The van der Waals surface area contributed by atoms with Gasteiger partial charge in [0.15, 0.2) is 0 Å². The number of nitrogens with one attached hydrogen (secondary N) is 3. The van der Waals surface area contributed by atoms with Gasteiger partial charge in [0, 0.05) is 6.54 Å². The molecular weight excluding hydrogens is 350 g/mol. The Labute approximate surface area is 166 Å². The first kappa shape index (κ1) is 19.9. The molecule has 0 spiro atoms. The van der Waals surface area contributed by atoms with E-state index in [-0.39, 0.29) is 18.0 Å². The highest BCUT2D eigenvalue weighted by molar-refractivity contribution is 5.91. The Bertz CT molecular complexity index is 814. The second-order valence-electron chi connectivity index (χ2n) is 7.63. The maximum absolute atomic E-state index is 13.1. The van der Waals surface area contributed by atoms with E-state index in [1.54, 1.807) is 0 Å². The minimum atomic E-state index is -0.836. The first-order valence-corrected chi connectivity index (χ1v) is 9.97. The van der Waals surface area contributed by atoms with Gasteiger partial charge >= 0.3 is 6.03 Å². The zero-order valence-corrected chi connectivity index (χ0v) is 16.6. The van der Waals surface area contributed by atoms with Gasteiger partial charge in [-0.3, -0.25) is 4.79 Å². The highest BCUT2D eigenvalue weighted by Crippen LogP contribution is 2.31. The summed E-state index contributed by atoms with van der Waals surface area (Å²) >= 11 is 0. The standard InChI is InChI=1S/C23H29N3O2/c1-17-10-6-7-13-20(17)18(2)25-21(27)23(14-8-9-15-23)26-22(28)24-16-19-11-4-3-5-12-19/h3-7,10-13,18H,8-9,14-16H2,1-2H3,(H,25,27)(H2,24,26,28)/t18-/m0/s1. The summed E-state index contributed by atoms with van der Waals surface area (Å²) in [7, 11) is 0. The van der Waals surface area contributed by atoms with E-state index in [0.29, 0.717) is 19.4 Å². The van der Waals surface area contributed by atoms with Crippen molar-refractivity contribution in [1.29, 1.82) is 0 Å². The summed E-state index contributed by atoms with van der Waals surface area (Å²) in [6, 6.07) is 17.4. The van der Waals surface area contributed by atoms with Crippen LogP contribution in [0.25, 0.3) is 0 Å². The van der Waals surface area contributed by atoms with E-state index in [4.69, 9.17) is 0 Å². The summed E-state index contributed by atoms with van der Waals surface area (Å²) in [5.41, 5.74) is 2.43. The number of carbonyl (C=O) groups is 2. The fraction of sp³-hybridized carbons (Fsp3) is 0.391. The fourth-order valence-electron chi connectivity index (χ4n) is 3.91. The van der Waals surface area contributed by atoms with Gasteiger partial charge in [0.2, 0.25) is 5.91 Å². The summed E-state index contributed by atoms with van der Waals surface area (Å²) in [6.07, 6.45) is 3.20. The largest absolute Gasteiger partial charge is 0.348 e. The van der Waals surface area contributed by atoms with Gasteiger partial charge in [-0.1, -0.05) is 67.4 Å². The number of hydrogen-bond donors (Lipinski definition) is 3. The Balaban J connectivity index is 1.63. The molecular formula is C23H29N3O2. The Morgan fingerprint density at radius 3 is 2.32 bits per heavy atom. The van der Waals surface area contributed by atoms with Crippen LogP contribution in [0.1, 0.15) is 55.3 Å². The van der Waals surface area contributed by atoms with Crippen molar-refractivity contribution >= 4 is 11.9 Å². The molecule has 0 aromatic heterocycles. The monoisotopic (exact) mass is 379 g/mol. The molecule has 148 valence electrons. The van der Waals surface area contributed by atoms with Crippen molar-refractivity contribution in [3.63, 3.8) is 0 Å². The van der Waals surface area contributed by atoms with Crippen LogP contribution in [0.3, 0.4) is 0 Å². The second kappa shape index (κ2) is 8.91. The SMILES string of the molecule is Cc1ccccc1[C@H](C)NC(=O)C1(NC(=O)NCc2ccccc2)CCCC1.